The fourth-order valence-corrected chi connectivity index (χ4v) is 3.09. The van der Waals surface area contributed by atoms with Gasteiger partial charge in [-0.15, -0.1) is 0 Å². The molecule has 0 bridgehead atoms. The number of benzene rings is 1. The quantitative estimate of drug-likeness (QED) is 0.185. The molecule has 0 saturated carbocycles. The molecule has 11 heteroatoms. The number of aliphatic hydroxyl groups is 7. The Morgan fingerprint density at radius 3 is 2.30 bits per heavy atom. The summed E-state index contributed by atoms with van der Waals surface area (Å²) in [6.45, 7) is -1.31. The minimum atomic E-state index is -1.78. The van der Waals surface area contributed by atoms with E-state index in [-0.39, 0.29) is 6.54 Å². The van der Waals surface area contributed by atoms with Gasteiger partial charge >= 0.3 is 0 Å². The Kier molecular flexibility index (Phi) is 9.53. The second-order valence-electron chi connectivity index (χ2n) is 7.01. The molecule has 0 unspecified atom stereocenters. The lowest BCUT2D eigenvalue weighted by molar-refractivity contribution is -0.324. The second-order valence-corrected chi connectivity index (χ2v) is 7.01. The summed E-state index contributed by atoms with van der Waals surface area (Å²) in [6.07, 6.45) is -13.0. The predicted octanol–water partition coefficient (Wildman–Crippen LogP) is -3.43. The van der Waals surface area contributed by atoms with Crippen LogP contribution >= 0.6 is 0 Å². The Morgan fingerprint density at radius 1 is 1.07 bits per heavy atom. The Morgan fingerprint density at radius 2 is 1.73 bits per heavy atom. The molecule has 1 aliphatic heterocycles. The van der Waals surface area contributed by atoms with Crippen molar-refractivity contribution in [1.29, 1.82) is 5.26 Å². The van der Waals surface area contributed by atoms with Crippen molar-refractivity contribution < 1.29 is 45.2 Å². The summed E-state index contributed by atoms with van der Waals surface area (Å²) >= 11 is 0. The largest absolute Gasteiger partial charge is 0.394 e. The SMILES string of the molecule is N#C[C@H](NCc1ccccc1)[C@@H](O)[C@H](O[C@@H]1O[C@H](CO)[C@H](O)[C@H](O)[C@H]1O)[C@H](O)CO. The summed E-state index contributed by atoms with van der Waals surface area (Å²) in [4.78, 5) is 0. The van der Waals surface area contributed by atoms with Crippen LogP contribution in [0.2, 0.25) is 0 Å². The van der Waals surface area contributed by atoms with Crippen molar-refractivity contribution in [3.05, 3.63) is 35.9 Å². The number of nitriles is 1. The van der Waals surface area contributed by atoms with Crippen molar-refractivity contribution in [3.8, 4) is 6.07 Å². The van der Waals surface area contributed by atoms with Gasteiger partial charge < -0.3 is 45.2 Å². The Hall–Kier alpha value is -1.69. The van der Waals surface area contributed by atoms with Gasteiger partial charge in [-0.2, -0.15) is 5.26 Å². The van der Waals surface area contributed by atoms with Crippen molar-refractivity contribution in [2.75, 3.05) is 13.2 Å². The highest BCUT2D eigenvalue weighted by molar-refractivity contribution is 5.15. The first-order valence-electron chi connectivity index (χ1n) is 9.43. The summed E-state index contributed by atoms with van der Waals surface area (Å²) in [6, 6.07) is 9.65. The molecule has 1 aliphatic rings. The van der Waals surface area contributed by atoms with Crippen molar-refractivity contribution in [2.24, 2.45) is 0 Å². The molecule has 2 rings (SSSR count). The zero-order chi connectivity index (χ0) is 22.3. The molecule has 1 fully saturated rings. The summed E-state index contributed by atoms with van der Waals surface area (Å²) in [5.74, 6) is 0. The highest BCUT2D eigenvalue weighted by Gasteiger charge is 2.46. The monoisotopic (exact) mass is 428 g/mol. The van der Waals surface area contributed by atoms with Gasteiger partial charge in [0.05, 0.1) is 19.3 Å². The standard InChI is InChI=1S/C19H28N2O9/c20-6-11(21-7-10-4-2-1-3-5-10)14(25)18(12(24)8-22)30-19-17(28)16(27)15(26)13(9-23)29-19/h1-5,11-19,21-28H,7-9H2/t11-,12+,13+,14+,15-,16-,17+,18+,19-/m0/s1. The molecule has 1 aromatic carbocycles. The lowest BCUT2D eigenvalue weighted by Gasteiger charge is -2.42. The van der Waals surface area contributed by atoms with E-state index in [9.17, 15) is 41.0 Å². The van der Waals surface area contributed by atoms with Gasteiger partial charge in [0.2, 0.25) is 0 Å². The van der Waals surface area contributed by atoms with Gasteiger partial charge in [0.15, 0.2) is 6.29 Å². The van der Waals surface area contributed by atoms with Crippen molar-refractivity contribution in [2.45, 2.75) is 61.6 Å². The Bertz CT molecular complexity index is 672. The van der Waals surface area contributed by atoms with E-state index in [4.69, 9.17) is 9.47 Å². The normalized spacial score (nSPS) is 30.8. The van der Waals surface area contributed by atoms with Crippen molar-refractivity contribution in [3.63, 3.8) is 0 Å². The lowest BCUT2D eigenvalue weighted by atomic mass is 9.98. The van der Waals surface area contributed by atoms with Gasteiger partial charge in [0.1, 0.15) is 48.8 Å². The molecule has 0 spiro atoms. The molecule has 8 N–H and O–H groups in total. The van der Waals surface area contributed by atoms with Crippen LogP contribution in [0.4, 0.5) is 0 Å². The first kappa shape index (κ1) is 24.6. The lowest BCUT2D eigenvalue weighted by Crippen LogP contribution is -2.62. The maximum atomic E-state index is 10.6. The third kappa shape index (κ3) is 5.93. The van der Waals surface area contributed by atoms with Gasteiger partial charge in [-0.3, -0.25) is 5.32 Å². The summed E-state index contributed by atoms with van der Waals surface area (Å²) in [7, 11) is 0. The predicted molar refractivity (Wildman–Crippen MR) is 100 cm³/mol. The van der Waals surface area contributed by atoms with E-state index in [1.54, 1.807) is 24.3 Å². The molecule has 30 heavy (non-hydrogen) atoms. The van der Waals surface area contributed by atoms with Gasteiger partial charge in [0, 0.05) is 6.54 Å². The van der Waals surface area contributed by atoms with Gasteiger partial charge in [-0.05, 0) is 5.56 Å². The molecule has 11 nitrogen and oxygen atoms in total. The zero-order valence-corrected chi connectivity index (χ0v) is 16.1. The van der Waals surface area contributed by atoms with E-state index in [1.807, 2.05) is 12.1 Å². The number of nitrogens with one attached hydrogen (secondary N) is 1. The molecule has 0 aliphatic carbocycles. The van der Waals surface area contributed by atoms with E-state index in [2.05, 4.69) is 5.32 Å². The topological polar surface area (TPSA) is 196 Å². The van der Waals surface area contributed by atoms with E-state index in [0.29, 0.717) is 0 Å². The Balaban J connectivity index is 2.12. The van der Waals surface area contributed by atoms with E-state index < -0.39 is 68.3 Å². The fourth-order valence-electron chi connectivity index (χ4n) is 3.09. The molecule has 0 aromatic heterocycles. The summed E-state index contributed by atoms with van der Waals surface area (Å²) in [5.41, 5.74) is 0.832. The van der Waals surface area contributed by atoms with Crippen LogP contribution in [0.5, 0.6) is 0 Å². The number of aliphatic hydroxyl groups excluding tert-OH is 7. The molecule has 0 amide bonds. The third-order valence-corrected chi connectivity index (χ3v) is 4.89. The number of hydrogen-bond acceptors (Lipinski definition) is 11. The molecular weight excluding hydrogens is 400 g/mol. The second kappa shape index (κ2) is 11.6. The highest BCUT2D eigenvalue weighted by Crippen LogP contribution is 2.25. The van der Waals surface area contributed by atoms with Crippen LogP contribution in [0.25, 0.3) is 0 Å². The summed E-state index contributed by atoms with van der Waals surface area (Å²) < 4.78 is 10.6. The number of hydrogen-bond donors (Lipinski definition) is 8. The van der Waals surface area contributed by atoms with E-state index in [1.165, 1.54) is 0 Å². The minimum absolute atomic E-state index is 0.220. The Labute approximate surface area is 173 Å². The van der Waals surface area contributed by atoms with Crippen LogP contribution in [0.1, 0.15) is 5.56 Å². The zero-order valence-electron chi connectivity index (χ0n) is 16.1. The average molecular weight is 428 g/mol. The van der Waals surface area contributed by atoms with Gasteiger partial charge in [0.25, 0.3) is 0 Å². The highest BCUT2D eigenvalue weighted by atomic mass is 16.7. The molecular formula is C19H28N2O9. The molecule has 168 valence electrons. The van der Waals surface area contributed by atoms with E-state index in [0.717, 1.165) is 5.56 Å². The fraction of sp³-hybridized carbons (Fsp3) is 0.632. The number of ether oxygens (including phenoxy) is 2. The minimum Gasteiger partial charge on any atom is -0.394 e. The average Bonchev–Trinajstić information content (AvgIpc) is 2.77. The maximum Gasteiger partial charge on any atom is 0.187 e. The third-order valence-electron chi connectivity index (χ3n) is 4.89. The molecule has 1 aromatic rings. The number of nitrogens with zero attached hydrogens (tertiary/aromatic N) is 1. The molecule has 9 atom stereocenters. The van der Waals surface area contributed by atoms with Crippen LogP contribution in [0.3, 0.4) is 0 Å². The van der Waals surface area contributed by atoms with Crippen LogP contribution < -0.4 is 5.32 Å². The first-order valence-corrected chi connectivity index (χ1v) is 9.43. The molecule has 0 radical (unpaired) electrons. The first-order chi connectivity index (χ1) is 14.3. The van der Waals surface area contributed by atoms with Crippen molar-refractivity contribution in [1.82, 2.24) is 5.32 Å². The van der Waals surface area contributed by atoms with Crippen LogP contribution in [-0.2, 0) is 16.0 Å². The van der Waals surface area contributed by atoms with Crippen molar-refractivity contribution >= 4 is 0 Å². The molecule has 1 heterocycles. The smallest absolute Gasteiger partial charge is 0.187 e. The molecule has 1 saturated heterocycles. The van der Waals surface area contributed by atoms with Crippen LogP contribution in [-0.4, -0.2) is 104 Å². The van der Waals surface area contributed by atoms with E-state index >= 15 is 0 Å². The van der Waals surface area contributed by atoms with Gasteiger partial charge in [-0.1, -0.05) is 30.3 Å². The summed E-state index contributed by atoms with van der Waals surface area (Å²) in [5, 5.41) is 81.4. The number of rotatable bonds is 10. The maximum absolute atomic E-state index is 10.6. The van der Waals surface area contributed by atoms with Crippen LogP contribution in [0, 0.1) is 11.3 Å². The van der Waals surface area contributed by atoms with Crippen LogP contribution in [0.15, 0.2) is 30.3 Å². The van der Waals surface area contributed by atoms with Gasteiger partial charge in [-0.25, -0.2) is 0 Å².